The normalized spacial score (nSPS) is 23.5. The molecule has 1 nitrogen and oxygen atoms in total. The van der Waals surface area contributed by atoms with Crippen LogP contribution in [0.4, 0.5) is 0 Å². The second-order valence-corrected chi connectivity index (χ2v) is 3.87. The van der Waals surface area contributed by atoms with Crippen molar-refractivity contribution in [3.8, 4) is 0 Å². The van der Waals surface area contributed by atoms with Crippen molar-refractivity contribution < 1.29 is 6.85 Å². The standard InChI is InChI=1S/C15H15N/c1-2-7-13(8-3-1)15-14-9-5-4-6-12(14)10-11-16-15/h1-9,15-16H,10-11H2/t15-/m0/s1/i1D,2D,3D,7D,8D. The van der Waals surface area contributed by atoms with Gasteiger partial charge in [-0.3, -0.25) is 0 Å². The summed E-state index contributed by atoms with van der Waals surface area (Å²) < 4.78 is 39.5. The maximum absolute atomic E-state index is 8.10. The van der Waals surface area contributed by atoms with Gasteiger partial charge in [-0.2, -0.15) is 0 Å². The average Bonchev–Trinajstić information content (AvgIpc) is 2.51. The van der Waals surface area contributed by atoms with Crippen molar-refractivity contribution in [3.63, 3.8) is 0 Å². The van der Waals surface area contributed by atoms with Gasteiger partial charge in [-0.25, -0.2) is 0 Å². The van der Waals surface area contributed by atoms with Crippen molar-refractivity contribution in [2.24, 2.45) is 0 Å². The lowest BCUT2D eigenvalue weighted by molar-refractivity contribution is 0.568. The Morgan fingerprint density at radius 2 is 1.94 bits per heavy atom. The van der Waals surface area contributed by atoms with E-state index in [1.165, 1.54) is 0 Å². The fourth-order valence-corrected chi connectivity index (χ4v) is 2.17. The summed E-state index contributed by atoms with van der Waals surface area (Å²) in [5, 5.41) is 3.28. The highest BCUT2D eigenvalue weighted by molar-refractivity contribution is 5.39. The summed E-state index contributed by atoms with van der Waals surface area (Å²) in [6.07, 6.45) is 0.880. The van der Waals surface area contributed by atoms with Crippen LogP contribution >= 0.6 is 0 Å². The average molecular weight is 214 g/mol. The predicted molar refractivity (Wildman–Crippen MR) is 66.4 cm³/mol. The molecule has 1 aliphatic rings. The fourth-order valence-electron chi connectivity index (χ4n) is 2.17. The largest absolute Gasteiger partial charge is 0.306 e. The molecule has 2 aromatic rings. The molecular weight excluding hydrogens is 194 g/mol. The number of nitrogens with one attached hydrogen (secondary N) is 1. The summed E-state index contributed by atoms with van der Waals surface area (Å²) in [7, 11) is 0. The maximum Gasteiger partial charge on any atom is 0.0626 e. The smallest absolute Gasteiger partial charge is 0.0626 e. The third kappa shape index (κ3) is 1.63. The van der Waals surface area contributed by atoms with E-state index in [-0.39, 0.29) is 36.3 Å². The Kier molecular flexibility index (Phi) is 1.45. The zero-order valence-electron chi connectivity index (χ0n) is 13.8. The molecule has 0 fully saturated rings. The summed E-state index contributed by atoms with van der Waals surface area (Å²) in [6, 6.07) is 6.32. The van der Waals surface area contributed by atoms with E-state index in [1.54, 1.807) is 0 Å². The minimum absolute atomic E-state index is 0.129. The van der Waals surface area contributed by atoms with Gasteiger partial charge in [0.25, 0.3) is 0 Å². The Labute approximate surface area is 103 Å². The first-order valence-electron chi connectivity index (χ1n) is 7.90. The quantitative estimate of drug-likeness (QED) is 0.769. The summed E-state index contributed by atoms with van der Waals surface area (Å²) in [5.74, 6) is 0. The van der Waals surface area contributed by atoms with Crippen LogP contribution in [0, 0.1) is 0 Å². The van der Waals surface area contributed by atoms with Crippen molar-refractivity contribution >= 4 is 0 Å². The zero-order valence-corrected chi connectivity index (χ0v) is 8.80. The first-order chi connectivity index (χ1) is 10.0. The van der Waals surface area contributed by atoms with Crippen LogP contribution in [0.25, 0.3) is 0 Å². The summed E-state index contributed by atoms with van der Waals surface area (Å²) in [4.78, 5) is 0. The molecule has 1 heteroatoms. The Balaban J connectivity index is 2.24. The lowest BCUT2D eigenvalue weighted by Gasteiger charge is -2.27. The predicted octanol–water partition coefficient (Wildman–Crippen LogP) is 2.92. The molecule has 0 saturated heterocycles. The monoisotopic (exact) mass is 214 g/mol. The lowest BCUT2D eigenvalue weighted by Crippen LogP contribution is -2.30. The van der Waals surface area contributed by atoms with Crippen molar-refractivity contribution in [1.29, 1.82) is 0 Å². The molecule has 1 heterocycles. The van der Waals surface area contributed by atoms with Crippen LogP contribution in [0.5, 0.6) is 0 Å². The van der Waals surface area contributed by atoms with Crippen molar-refractivity contribution in [3.05, 3.63) is 71.2 Å². The third-order valence-electron chi connectivity index (χ3n) is 2.92. The Morgan fingerprint density at radius 1 is 1.12 bits per heavy atom. The van der Waals surface area contributed by atoms with Crippen molar-refractivity contribution in [1.82, 2.24) is 5.32 Å². The zero-order chi connectivity index (χ0) is 15.1. The van der Waals surface area contributed by atoms with Crippen LogP contribution in [0.15, 0.2) is 54.5 Å². The molecule has 1 aliphatic heterocycles. The van der Waals surface area contributed by atoms with E-state index in [0.29, 0.717) is 5.56 Å². The van der Waals surface area contributed by atoms with Gasteiger partial charge in [0.2, 0.25) is 0 Å². The van der Waals surface area contributed by atoms with E-state index in [1.807, 2.05) is 24.3 Å². The van der Waals surface area contributed by atoms with Crippen LogP contribution in [-0.4, -0.2) is 6.54 Å². The summed E-state index contributed by atoms with van der Waals surface area (Å²) >= 11 is 0. The molecule has 0 spiro atoms. The molecule has 0 aromatic heterocycles. The molecule has 80 valence electrons. The van der Waals surface area contributed by atoms with Gasteiger partial charge in [-0.1, -0.05) is 54.5 Å². The van der Waals surface area contributed by atoms with Gasteiger partial charge in [0.15, 0.2) is 0 Å². The van der Waals surface area contributed by atoms with Crippen LogP contribution in [-0.2, 0) is 6.42 Å². The maximum atomic E-state index is 8.10. The molecule has 2 aromatic carbocycles. The molecule has 0 amide bonds. The van der Waals surface area contributed by atoms with Crippen LogP contribution in [0.1, 0.15) is 29.6 Å². The second-order valence-electron chi connectivity index (χ2n) is 3.87. The van der Waals surface area contributed by atoms with Crippen molar-refractivity contribution in [2.75, 3.05) is 6.54 Å². The molecule has 1 N–H and O–H groups in total. The molecule has 0 bridgehead atoms. The highest BCUT2D eigenvalue weighted by Crippen LogP contribution is 2.27. The molecule has 0 aliphatic carbocycles. The van der Waals surface area contributed by atoms with Crippen LogP contribution in [0.3, 0.4) is 0 Å². The van der Waals surface area contributed by atoms with Gasteiger partial charge >= 0.3 is 0 Å². The van der Waals surface area contributed by atoms with E-state index in [0.717, 1.165) is 24.1 Å². The summed E-state index contributed by atoms with van der Waals surface area (Å²) in [6.45, 7) is 0.726. The highest BCUT2D eigenvalue weighted by Gasteiger charge is 2.19. The minimum atomic E-state index is -0.358. The third-order valence-corrected chi connectivity index (χ3v) is 2.92. The topological polar surface area (TPSA) is 12.0 Å². The van der Waals surface area contributed by atoms with Gasteiger partial charge < -0.3 is 5.32 Å². The Morgan fingerprint density at radius 3 is 2.81 bits per heavy atom. The van der Waals surface area contributed by atoms with Crippen molar-refractivity contribution in [2.45, 2.75) is 12.5 Å². The van der Waals surface area contributed by atoms with Gasteiger partial charge in [0.1, 0.15) is 0 Å². The van der Waals surface area contributed by atoms with Gasteiger partial charge in [0.05, 0.1) is 12.9 Å². The number of hydrogen-bond donors (Lipinski definition) is 1. The molecule has 0 saturated carbocycles. The highest BCUT2D eigenvalue weighted by atomic mass is 14.9. The summed E-state index contributed by atoms with van der Waals surface area (Å²) in [5.41, 5.74) is 2.48. The van der Waals surface area contributed by atoms with E-state index in [2.05, 4.69) is 5.32 Å². The first-order valence-corrected chi connectivity index (χ1v) is 5.40. The molecule has 1 atom stereocenters. The number of fused-ring (bicyclic) bond motifs is 1. The van der Waals surface area contributed by atoms with Gasteiger partial charge in [-0.15, -0.1) is 0 Å². The van der Waals surface area contributed by atoms with Gasteiger partial charge in [0, 0.05) is 6.54 Å². The minimum Gasteiger partial charge on any atom is -0.306 e. The molecule has 0 unspecified atom stereocenters. The van der Waals surface area contributed by atoms with E-state index in [4.69, 9.17) is 6.85 Å². The number of benzene rings is 2. The number of rotatable bonds is 1. The van der Waals surface area contributed by atoms with E-state index in [9.17, 15) is 0 Å². The molecule has 16 heavy (non-hydrogen) atoms. The Bertz CT molecular complexity index is 684. The van der Waals surface area contributed by atoms with Crippen LogP contribution < -0.4 is 5.32 Å². The Hall–Kier alpha value is -1.60. The fraction of sp³-hybridized carbons (Fsp3) is 0.200. The second kappa shape index (κ2) is 4.11. The van der Waals surface area contributed by atoms with Gasteiger partial charge in [-0.05, 0) is 23.1 Å². The van der Waals surface area contributed by atoms with E-state index >= 15 is 0 Å². The molecular formula is C15H15N. The lowest BCUT2D eigenvalue weighted by atomic mass is 9.90. The molecule has 0 radical (unpaired) electrons. The first kappa shape index (κ1) is 5.65. The number of hydrogen-bond acceptors (Lipinski definition) is 1. The van der Waals surface area contributed by atoms with Crippen LogP contribution in [0.2, 0.25) is 0 Å². The molecule has 3 rings (SSSR count). The SMILES string of the molecule is [2H]c1c([2H])c([2H])c([C@@H]2NCCc3ccccc32)c([2H])c1[2H]. The van der Waals surface area contributed by atoms with E-state index < -0.39 is 0 Å².